The third-order valence-corrected chi connectivity index (χ3v) is 15.4. The average Bonchev–Trinajstić information content (AvgIpc) is 4.26. The van der Waals surface area contributed by atoms with Crippen molar-refractivity contribution in [3.05, 3.63) is 255 Å². The van der Waals surface area contributed by atoms with Crippen molar-refractivity contribution in [2.45, 2.75) is 0 Å². The van der Waals surface area contributed by atoms with E-state index in [1.54, 1.807) is 0 Å². The SMILES string of the molecule is c1ccc(-c2nc(-c3ccccc3)nc(-n3c4ccc5cc4c4cc(c6cccc(c6)c6cccc(c6)c6ccc7c(c6)c6cc5ccc6n7-c5ccccc5)c5c6ccccc6n(-c6ccccc6)c5c43)n2)cc1. The first kappa shape index (κ1) is 41.4. The number of fused-ring (bicyclic) bond motifs is 17. The van der Waals surface area contributed by atoms with Crippen LogP contribution in [0.3, 0.4) is 0 Å². The fourth-order valence-electron chi connectivity index (χ4n) is 12.0. The van der Waals surface area contributed by atoms with E-state index in [1.807, 2.05) is 36.4 Å². The van der Waals surface area contributed by atoms with E-state index in [4.69, 9.17) is 15.0 Å². The van der Waals surface area contributed by atoms with E-state index in [1.165, 1.54) is 27.1 Å². The van der Waals surface area contributed by atoms with Gasteiger partial charge in [-0.3, -0.25) is 4.57 Å². The topological polar surface area (TPSA) is 53.5 Å². The van der Waals surface area contributed by atoms with E-state index in [0.717, 1.165) is 104 Å². The minimum Gasteiger partial charge on any atom is -0.309 e. The minimum atomic E-state index is 0.542. The molecule has 348 valence electrons. The number of nitrogens with zero attached hydrogens (tertiary/aromatic N) is 6. The van der Waals surface area contributed by atoms with E-state index >= 15 is 0 Å². The average molecular weight is 955 g/mol. The van der Waals surface area contributed by atoms with Crippen LogP contribution >= 0.6 is 0 Å². The zero-order chi connectivity index (χ0) is 49.1. The molecule has 0 unspecified atom stereocenters. The largest absolute Gasteiger partial charge is 0.309 e. The molecule has 0 fully saturated rings. The summed E-state index contributed by atoms with van der Waals surface area (Å²) in [7, 11) is 0. The lowest BCUT2D eigenvalue weighted by Gasteiger charge is -2.14. The van der Waals surface area contributed by atoms with Crippen molar-refractivity contribution < 1.29 is 0 Å². The molecule has 0 atom stereocenters. The summed E-state index contributed by atoms with van der Waals surface area (Å²) in [4.78, 5) is 16.1. The van der Waals surface area contributed by atoms with Gasteiger partial charge < -0.3 is 9.13 Å². The highest BCUT2D eigenvalue weighted by molar-refractivity contribution is 6.32. The summed E-state index contributed by atoms with van der Waals surface area (Å²) in [6.07, 6.45) is 0. The van der Waals surface area contributed by atoms with Crippen LogP contribution in [0.1, 0.15) is 0 Å². The lowest BCUT2D eigenvalue weighted by molar-refractivity contribution is 0.953. The fourth-order valence-corrected chi connectivity index (χ4v) is 12.0. The van der Waals surface area contributed by atoms with Gasteiger partial charge in [0.2, 0.25) is 5.95 Å². The molecule has 0 aliphatic carbocycles. The molecule has 16 aromatic rings. The van der Waals surface area contributed by atoms with Gasteiger partial charge in [0.25, 0.3) is 0 Å². The Kier molecular flexibility index (Phi) is 8.94. The van der Waals surface area contributed by atoms with Gasteiger partial charge in [0.05, 0.1) is 33.1 Å². The zero-order valence-corrected chi connectivity index (χ0v) is 40.4. The van der Waals surface area contributed by atoms with Gasteiger partial charge in [-0.2, -0.15) is 9.97 Å². The molecule has 75 heavy (non-hydrogen) atoms. The maximum atomic E-state index is 5.46. The maximum absolute atomic E-state index is 5.46. The molecule has 0 saturated heterocycles. The lowest BCUT2D eigenvalue weighted by Crippen LogP contribution is -2.07. The molecule has 0 radical (unpaired) electrons. The Morgan fingerprint density at radius 3 is 1.23 bits per heavy atom. The summed E-state index contributed by atoms with van der Waals surface area (Å²) >= 11 is 0. The number of para-hydroxylation sites is 3. The van der Waals surface area contributed by atoms with Crippen LogP contribution in [0, 0.1) is 0 Å². The maximum Gasteiger partial charge on any atom is 0.238 e. The Hall–Kier alpha value is -10.2. The highest BCUT2D eigenvalue weighted by Crippen LogP contribution is 2.46. The summed E-state index contributed by atoms with van der Waals surface area (Å²) in [5.74, 6) is 1.75. The molecule has 0 amide bonds. The van der Waals surface area contributed by atoms with E-state index in [9.17, 15) is 0 Å². The number of aromatic nitrogens is 6. The molecule has 4 heterocycles. The normalized spacial score (nSPS) is 12.0. The lowest BCUT2D eigenvalue weighted by atomic mass is 9.99. The monoisotopic (exact) mass is 954 g/mol. The second-order valence-corrected chi connectivity index (χ2v) is 19.6. The Balaban J connectivity index is 1.15. The smallest absolute Gasteiger partial charge is 0.238 e. The summed E-state index contributed by atoms with van der Waals surface area (Å²) in [5, 5.41) is 16.1. The molecule has 0 saturated carbocycles. The second kappa shape index (κ2) is 16.2. The van der Waals surface area contributed by atoms with E-state index < -0.39 is 0 Å². The van der Waals surface area contributed by atoms with Crippen molar-refractivity contribution in [1.82, 2.24) is 28.7 Å². The summed E-state index contributed by atoms with van der Waals surface area (Å²) < 4.78 is 7.16. The summed E-state index contributed by atoms with van der Waals surface area (Å²) in [6.45, 7) is 0. The van der Waals surface area contributed by atoms with Crippen molar-refractivity contribution in [2.75, 3.05) is 0 Å². The molecule has 6 nitrogen and oxygen atoms in total. The van der Waals surface area contributed by atoms with Gasteiger partial charge in [-0.05, 0) is 128 Å². The van der Waals surface area contributed by atoms with Crippen LogP contribution in [0.25, 0.3) is 149 Å². The van der Waals surface area contributed by atoms with Crippen molar-refractivity contribution >= 4 is 109 Å². The van der Waals surface area contributed by atoms with Gasteiger partial charge in [0.1, 0.15) is 0 Å². The first-order chi connectivity index (χ1) is 37.2. The standard InChI is InChI=1S/C69H42N6/c1-5-17-43(18-6-1)67-70-68(44-19-7-2-8-20-44)72-69(71-67)75-63-36-33-50-41-58(63)59-42-55(64-54-29-13-14-30-60(54)74(66(64)65(59)75)53-27-11-4-12-28-53)51-24-16-23-47(38-51)45-21-15-22-46(37-45)48-31-34-61-56(39-48)57-40-49(50)32-35-62(57)73(61)52-25-9-3-10-26-52/h1-42H. The molecule has 0 aliphatic rings. The molecule has 6 heteroatoms. The highest BCUT2D eigenvalue weighted by atomic mass is 15.2. The van der Waals surface area contributed by atoms with E-state index in [2.05, 4.69) is 232 Å². The predicted molar refractivity (Wildman–Crippen MR) is 313 cm³/mol. The Morgan fingerprint density at radius 1 is 0.240 bits per heavy atom. The number of hydrogen-bond donors (Lipinski definition) is 0. The number of benzene rings is 11. The van der Waals surface area contributed by atoms with Crippen LogP contribution in [-0.4, -0.2) is 28.7 Å². The van der Waals surface area contributed by atoms with E-state index in [0.29, 0.717) is 17.6 Å². The van der Waals surface area contributed by atoms with Crippen LogP contribution in [0.15, 0.2) is 255 Å². The number of hydrogen-bond acceptors (Lipinski definition) is 3. The molecular weight excluding hydrogens is 913 g/mol. The van der Waals surface area contributed by atoms with Crippen LogP contribution in [-0.2, 0) is 0 Å². The Morgan fingerprint density at radius 2 is 0.667 bits per heavy atom. The van der Waals surface area contributed by atoms with Gasteiger partial charge in [-0.25, -0.2) is 4.98 Å². The highest BCUT2D eigenvalue weighted by Gasteiger charge is 2.26. The molecule has 0 spiro atoms. The van der Waals surface area contributed by atoms with Gasteiger partial charge in [0, 0.05) is 54.8 Å². The van der Waals surface area contributed by atoms with Gasteiger partial charge in [-0.1, -0.05) is 170 Å². The third kappa shape index (κ3) is 6.36. The second-order valence-electron chi connectivity index (χ2n) is 19.6. The van der Waals surface area contributed by atoms with Gasteiger partial charge in [-0.15, -0.1) is 0 Å². The Bertz CT molecular complexity index is 4980. The van der Waals surface area contributed by atoms with Crippen LogP contribution in [0.2, 0.25) is 0 Å². The predicted octanol–water partition coefficient (Wildman–Crippen LogP) is 17.7. The van der Waals surface area contributed by atoms with Crippen molar-refractivity contribution in [3.63, 3.8) is 0 Å². The van der Waals surface area contributed by atoms with Crippen molar-refractivity contribution in [2.24, 2.45) is 0 Å². The fraction of sp³-hybridized carbons (Fsp3) is 0. The number of rotatable bonds is 5. The van der Waals surface area contributed by atoms with Gasteiger partial charge in [0.15, 0.2) is 11.6 Å². The molecule has 0 aliphatic heterocycles. The summed E-state index contributed by atoms with van der Waals surface area (Å²) in [5.41, 5.74) is 10.5. The molecule has 16 rings (SSSR count). The molecule has 0 N–H and O–H groups in total. The van der Waals surface area contributed by atoms with Crippen LogP contribution in [0.4, 0.5) is 0 Å². The van der Waals surface area contributed by atoms with Gasteiger partial charge >= 0.3 is 0 Å². The quantitative estimate of drug-likeness (QED) is 0.173. The van der Waals surface area contributed by atoms with Crippen LogP contribution in [0.5, 0.6) is 0 Å². The van der Waals surface area contributed by atoms with Crippen LogP contribution < -0.4 is 0 Å². The van der Waals surface area contributed by atoms with Crippen molar-refractivity contribution in [3.8, 4) is 40.1 Å². The molecule has 12 bridgehead atoms. The minimum absolute atomic E-state index is 0.542. The molecular formula is C69H42N6. The first-order valence-corrected chi connectivity index (χ1v) is 25.5. The molecule has 4 aromatic heterocycles. The van der Waals surface area contributed by atoms with E-state index in [-0.39, 0.29) is 0 Å². The zero-order valence-electron chi connectivity index (χ0n) is 40.4. The molecule has 12 aromatic carbocycles. The Labute approximate surface area is 429 Å². The third-order valence-electron chi connectivity index (χ3n) is 15.4. The van der Waals surface area contributed by atoms with Crippen molar-refractivity contribution in [1.29, 1.82) is 0 Å². The first-order valence-electron chi connectivity index (χ1n) is 25.5. The summed E-state index contributed by atoms with van der Waals surface area (Å²) in [6, 6.07) is 92.3.